The molecule has 1 N–H and O–H groups in total. The molecule has 35 heavy (non-hydrogen) atoms. The number of rotatable bonds is 6. The van der Waals surface area contributed by atoms with Gasteiger partial charge in [-0.15, -0.1) is 0 Å². The first-order valence-corrected chi connectivity index (χ1v) is 11.5. The van der Waals surface area contributed by atoms with E-state index in [4.69, 9.17) is 16.3 Å². The standard InChI is InChI=1S/C26H30ClN3O4.CH4/c1-15(2)28-26(33)29(16(3)4)24(31)14-21-17(5)30(23-12-11-20(34-6)13-22(21)23)25(32)18-7-9-19(27)10-8-18;/h7-13,15-16H,14H2,1-6H3,(H,28,33);1H4. The van der Waals surface area contributed by atoms with Crippen molar-refractivity contribution in [1.29, 1.82) is 0 Å². The Balaban J connectivity index is 0.00000432. The van der Waals surface area contributed by atoms with Crippen LogP contribution in [-0.4, -0.2) is 46.5 Å². The molecule has 0 fully saturated rings. The number of amides is 3. The molecule has 3 amide bonds. The molecule has 0 aliphatic carbocycles. The fraction of sp³-hybridized carbons (Fsp3) is 0.370. The van der Waals surface area contributed by atoms with Gasteiger partial charge in [0.2, 0.25) is 5.91 Å². The van der Waals surface area contributed by atoms with E-state index in [9.17, 15) is 14.4 Å². The number of carbonyl (C=O) groups is 3. The highest BCUT2D eigenvalue weighted by atomic mass is 35.5. The number of methoxy groups -OCH3 is 1. The zero-order valence-corrected chi connectivity index (χ0v) is 21.1. The van der Waals surface area contributed by atoms with E-state index in [-0.39, 0.29) is 37.7 Å². The first-order valence-electron chi connectivity index (χ1n) is 11.2. The quantitative estimate of drug-likeness (QED) is 0.462. The summed E-state index contributed by atoms with van der Waals surface area (Å²) in [5.41, 5.74) is 2.43. The lowest BCUT2D eigenvalue weighted by atomic mass is 10.1. The van der Waals surface area contributed by atoms with Crippen LogP contribution >= 0.6 is 11.6 Å². The van der Waals surface area contributed by atoms with Crippen LogP contribution in [0.5, 0.6) is 5.75 Å². The Labute approximate surface area is 212 Å². The van der Waals surface area contributed by atoms with Gasteiger partial charge in [-0.05, 0) is 82.6 Å². The second-order valence-electron chi connectivity index (χ2n) is 8.73. The maximum atomic E-state index is 13.4. The molecule has 188 valence electrons. The third-order valence-electron chi connectivity index (χ3n) is 5.58. The summed E-state index contributed by atoms with van der Waals surface area (Å²) in [5.74, 6) is 0.0221. The van der Waals surface area contributed by atoms with Crippen LogP contribution in [0.1, 0.15) is 56.7 Å². The topological polar surface area (TPSA) is 80.6 Å². The van der Waals surface area contributed by atoms with Crippen LogP contribution in [0.3, 0.4) is 0 Å². The van der Waals surface area contributed by atoms with Crippen LogP contribution in [0.2, 0.25) is 5.02 Å². The summed E-state index contributed by atoms with van der Waals surface area (Å²) in [5, 5.41) is 4.05. The van der Waals surface area contributed by atoms with Gasteiger partial charge in [0.1, 0.15) is 5.75 Å². The molecule has 2 aromatic carbocycles. The number of hydrogen-bond acceptors (Lipinski definition) is 4. The molecule has 1 aromatic heterocycles. The maximum Gasteiger partial charge on any atom is 0.324 e. The number of urea groups is 1. The summed E-state index contributed by atoms with van der Waals surface area (Å²) in [6.07, 6.45) is -0.0416. The van der Waals surface area contributed by atoms with Gasteiger partial charge in [0.25, 0.3) is 5.91 Å². The number of benzene rings is 2. The molecule has 0 saturated heterocycles. The molecule has 0 bridgehead atoms. The summed E-state index contributed by atoms with van der Waals surface area (Å²) in [6, 6.07) is 11.2. The van der Waals surface area contributed by atoms with Crippen LogP contribution in [0.4, 0.5) is 4.79 Å². The van der Waals surface area contributed by atoms with Crippen molar-refractivity contribution in [2.75, 3.05) is 7.11 Å². The molecule has 0 unspecified atom stereocenters. The van der Waals surface area contributed by atoms with Gasteiger partial charge >= 0.3 is 6.03 Å². The number of imide groups is 1. The van der Waals surface area contributed by atoms with Gasteiger partial charge in [-0.25, -0.2) is 4.79 Å². The number of carbonyl (C=O) groups excluding carboxylic acids is 3. The lowest BCUT2D eigenvalue weighted by Gasteiger charge is -2.26. The molecule has 0 radical (unpaired) electrons. The highest BCUT2D eigenvalue weighted by Gasteiger charge is 2.28. The summed E-state index contributed by atoms with van der Waals surface area (Å²) < 4.78 is 6.98. The molecular weight excluding hydrogens is 466 g/mol. The van der Waals surface area contributed by atoms with Gasteiger partial charge < -0.3 is 10.1 Å². The van der Waals surface area contributed by atoms with Gasteiger partial charge in [-0.2, -0.15) is 0 Å². The monoisotopic (exact) mass is 499 g/mol. The van der Waals surface area contributed by atoms with E-state index in [1.807, 2.05) is 19.9 Å². The third kappa shape index (κ3) is 5.85. The van der Waals surface area contributed by atoms with Crippen molar-refractivity contribution in [2.24, 2.45) is 0 Å². The van der Waals surface area contributed by atoms with Crippen LogP contribution in [0.25, 0.3) is 10.9 Å². The predicted molar refractivity (Wildman–Crippen MR) is 140 cm³/mol. The summed E-state index contributed by atoms with van der Waals surface area (Å²) in [6.45, 7) is 9.07. The highest BCUT2D eigenvalue weighted by molar-refractivity contribution is 6.30. The van der Waals surface area contributed by atoms with Crippen LogP contribution < -0.4 is 10.1 Å². The van der Waals surface area contributed by atoms with Gasteiger partial charge in [0, 0.05) is 33.7 Å². The summed E-state index contributed by atoms with van der Waals surface area (Å²) in [4.78, 5) is 40.7. The van der Waals surface area contributed by atoms with Crippen molar-refractivity contribution < 1.29 is 19.1 Å². The minimum atomic E-state index is -0.439. The van der Waals surface area contributed by atoms with Gasteiger partial charge in [-0.3, -0.25) is 19.1 Å². The third-order valence-corrected chi connectivity index (χ3v) is 5.83. The predicted octanol–water partition coefficient (Wildman–Crippen LogP) is 5.83. The van der Waals surface area contributed by atoms with Crippen molar-refractivity contribution in [3.63, 3.8) is 0 Å². The van der Waals surface area contributed by atoms with E-state index in [1.54, 1.807) is 68.8 Å². The van der Waals surface area contributed by atoms with Crippen LogP contribution in [0, 0.1) is 6.92 Å². The average Bonchev–Trinajstić information content (AvgIpc) is 3.03. The fourth-order valence-electron chi connectivity index (χ4n) is 3.98. The van der Waals surface area contributed by atoms with Crippen LogP contribution in [-0.2, 0) is 11.2 Å². The summed E-state index contributed by atoms with van der Waals surface area (Å²) >= 11 is 5.99. The minimum Gasteiger partial charge on any atom is -0.497 e. The maximum absolute atomic E-state index is 13.4. The molecule has 7 nitrogen and oxygen atoms in total. The molecule has 3 rings (SSSR count). The molecule has 0 spiro atoms. The Morgan fingerprint density at radius 3 is 2.23 bits per heavy atom. The second kappa shape index (κ2) is 11.4. The Morgan fingerprint density at radius 2 is 1.69 bits per heavy atom. The lowest BCUT2D eigenvalue weighted by Crippen LogP contribution is -2.50. The second-order valence-corrected chi connectivity index (χ2v) is 9.17. The molecule has 0 atom stereocenters. The fourth-order valence-corrected chi connectivity index (χ4v) is 4.11. The normalized spacial score (nSPS) is 10.9. The molecule has 8 heteroatoms. The van der Waals surface area contributed by atoms with Crippen molar-refractivity contribution in [2.45, 2.75) is 60.5 Å². The van der Waals surface area contributed by atoms with Crippen molar-refractivity contribution in [1.82, 2.24) is 14.8 Å². The van der Waals surface area contributed by atoms with E-state index >= 15 is 0 Å². The Morgan fingerprint density at radius 1 is 1.06 bits per heavy atom. The molecule has 0 aliphatic rings. The first-order chi connectivity index (χ1) is 16.0. The van der Waals surface area contributed by atoms with E-state index in [0.29, 0.717) is 33.1 Å². The molecule has 0 aliphatic heterocycles. The number of hydrogen-bond donors (Lipinski definition) is 1. The SMILES string of the molecule is C.COc1ccc2c(c1)c(CC(=O)N(C(=O)NC(C)C)C(C)C)c(C)n2C(=O)c1ccc(Cl)cc1. The van der Waals surface area contributed by atoms with Gasteiger partial charge in [-0.1, -0.05) is 19.0 Å². The Bertz CT molecular complexity index is 1230. The highest BCUT2D eigenvalue weighted by Crippen LogP contribution is 2.31. The van der Waals surface area contributed by atoms with Crippen molar-refractivity contribution in [3.8, 4) is 5.75 Å². The Hall–Kier alpha value is -3.32. The van der Waals surface area contributed by atoms with Crippen LogP contribution in [0.15, 0.2) is 42.5 Å². The van der Waals surface area contributed by atoms with Crippen molar-refractivity contribution in [3.05, 3.63) is 64.3 Å². The molecular formula is C27H34ClN3O4. The number of nitrogens with zero attached hydrogens (tertiary/aromatic N) is 2. The zero-order valence-electron chi connectivity index (χ0n) is 20.3. The smallest absolute Gasteiger partial charge is 0.324 e. The first kappa shape index (κ1) is 27.9. The minimum absolute atomic E-state index is 0. The number of fused-ring (bicyclic) bond motifs is 1. The van der Waals surface area contributed by atoms with E-state index in [1.165, 1.54) is 4.90 Å². The largest absolute Gasteiger partial charge is 0.497 e. The van der Waals surface area contributed by atoms with E-state index < -0.39 is 6.03 Å². The number of ether oxygens (including phenoxy) is 1. The number of halogens is 1. The van der Waals surface area contributed by atoms with Gasteiger partial charge in [0.05, 0.1) is 19.0 Å². The van der Waals surface area contributed by atoms with E-state index in [2.05, 4.69) is 5.32 Å². The number of aromatic nitrogens is 1. The van der Waals surface area contributed by atoms with Crippen molar-refractivity contribution >= 4 is 40.3 Å². The molecule has 3 aromatic rings. The number of nitrogens with one attached hydrogen (secondary N) is 1. The lowest BCUT2D eigenvalue weighted by molar-refractivity contribution is -0.128. The van der Waals surface area contributed by atoms with E-state index in [0.717, 1.165) is 5.39 Å². The molecule has 0 saturated carbocycles. The zero-order chi connectivity index (χ0) is 25.2. The Kier molecular flexibility index (Phi) is 9.10. The van der Waals surface area contributed by atoms with Gasteiger partial charge in [0.15, 0.2) is 0 Å². The molecule has 1 heterocycles. The average molecular weight is 500 g/mol. The summed E-state index contributed by atoms with van der Waals surface area (Å²) in [7, 11) is 1.56.